The van der Waals surface area contributed by atoms with Gasteiger partial charge in [0.1, 0.15) is 11.6 Å². The quantitative estimate of drug-likeness (QED) is 0.676. The third kappa shape index (κ3) is 4.99. The van der Waals surface area contributed by atoms with E-state index in [4.69, 9.17) is 5.73 Å². The zero-order valence-corrected chi connectivity index (χ0v) is 16.6. The third-order valence-electron chi connectivity index (χ3n) is 5.33. The second-order valence-electron chi connectivity index (χ2n) is 7.57. The fourth-order valence-corrected chi connectivity index (χ4v) is 3.77. The van der Waals surface area contributed by atoms with Crippen molar-refractivity contribution in [3.8, 4) is 11.1 Å². The summed E-state index contributed by atoms with van der Waals surface area (Å²) in [6.45, 7) is 1.97. The van der Waals surface area contributed by atoms with Crippen molar-refractivity contribution < 1.29 is 9.18 Å². The van der Waals surface area contributed by atoms with Crippen LogP contribution in [0.4, 0.5) is 15.9 Å². The van der Waals surface area contributed by atoms with Gasteiger partial charge < -0.3 is 11.1 Å². The first kappa shape index (κ1) is 20.0. The van der Waals surface area contributed by atoms with Gasteiger partial charge in [0.05, 0.1) is 6.54 Å². The van der Waals surface area contributed by atoms with Crippen LogP contribution in [-0.2, 0) is 4.79 Å². The highest BCUT2D eigenvalue weighted by atomic mass is 19.1. The predicted octanol–water partition coefficient (Wildman–Crippen LogP) is 3.68. The molecule has 6 nitrogen and oxygen atoms in total. The van der Waals surface area contributed by atoms with Crippen LogP contribution in [0, 0.1) is 5.82 Å². The highest BCUT2D eigenvalue weighted by Gasteiger charge is 2.23. The Kier molecular flexibility index (Phi) is 5.99. The SMILES string of the molecule is Nc1ccc(-c2ccc([C@@H]3CCCN(CC(=O)Nc4ccc(F)cc4)C3)nc2)cn1. The molecule has 1 fully saturated rings. The summed E-state index contributed by atoms with van der Waals surface area (Å²) in [5.41, 5.74) is 9.26. The number of aromatic nitrogens is 2. The number of rotatable bonds is 5. The number of hydrogen-bond acceptors (Lipinski definition) is 5. The minimum absolute atomic E-state index is 0.0959. The lowest BCUT2D eigenvalue weighted by Crippen LogP contribution is -2.40. The van der Waals surface area contributed by atoms with Crippen molar-refractivity contribution in [1.82, 2.24) is 14.9 Å². The van der Waals surface area contributed by atoms with Gasteiger partial charge in [0.15, 0.2) is 0 Å². The fraction of sp³-hybridized carbons (Fsp3) is 0.261. The van der Waals surface area contributed by atoms with Crippen LogP contribution in [0.15, 0.2) is 60.9 Å². The molecular weight excluding hydrogens is 381 g/mol. The molecule has 0 saturated carbocycles. The first-order valence-corrected chi connectivity index (χ1v) is 10.0. The van der Waals surface area contributed by atoms with Crippen molar-refractivity contribution in [2.45, 2.75) is 18.8 Å². The zero-order valence-electron chi connectivity index (χ0n) is 16.6. The van der Waals surface area contributed by atoms with E-state index in [2.05, 4.69) is 32.3 Å². The highest BCUT2D eigenvalue weighted by Crippen LogP contribution is 2.27. The number of likely N-dealkylation sites (tertiary alicyclic amines) is 1. The number of halogens is 1. The van der Waals surface area contributed by atoms with E-state index in [0.717, 1.165) is 42.8 Å². The molecule has 3 heterocycles. The second kappa shape index (κ2) is 9.00. The predicted molar refractivity (Wildman–Crippen MR) is 115 cm³/mol. The topological polar surface area (TPSA) is 84.1 Å². The summed E-state index contributed by atoms with van der Waals surface area (Å²) in [6, 6.07) is 13.6. The van der Waals surface area contributed by atoms with Gasteiger partial charge in [0, 0.05) is 47.4 Å². The Labute approximate surface area is 175 Å². The number of nitrogens with zero attached hydrogens (tertiary/aromatic N) is 3. The normalized spacial score (nSPS) is 16.9. The Morgan fingerprint density at radius 3 is 2.47 bits per heavy atom. The molecule has 0 radical (unpaired) electrons. The molecule has 3 N–H and O–H groups in total. The molecule has 30 heavy (non-hydrogen) atoms. The van der Waals surface area contributed by atoms with Gasteiger partial charge >= 0.3 is 0 Å². The summed E-state index contributed by atoms with van der Waals surface area (Å²) < 4.78 is 13.0. The Morgan fingerprint density at radius 2 is 1.80 bits per heavy atom. The number of carbonyl (C=O) groups is 1. The summed E-state index contributed by atoms with van der Waals surface area (Å²) in [6.07, 6.45) is 5.67. The molecule has 1 aliphatic rings. The van der Waals surface area contributed by atoms with Gasteiger partial charge in [-0.2, -0.15) is 0 Å². The summed E-state index contributed by atoms with van der Waals surface area (Å²) in [5, 5.41) is 2.82. The molecule has 154 valence electrons. The largest absolute Gasteiger partial charge is 0.384 e. The zero-order chi connectivity index (χ0) is 20.9. The van der Waals surface area contributed by atoms with E-state index in [0.29, 0.717) is 18.1 Å². The van der Waals surface area contributed by atoms with Crippen LogP contribution in [0.3, 0.4) is 0 Å². The molecule has 2 aromatic heterocycles. The van der Waals surface area contributed by atoms with E-state index in [1.807, 2.05) is 12.3 Å². The Balaban J connectivity index is 1.35. The summed E-state index contributed by atoms with van der Waals surface area (Å²) >= 11 is 0. The molecule has 1 aromatic carbocycles. The van der Waals surface area contributed by atoms with E-state index in [1.54, 1.807) is 24.4 Å². The van der Waals surface area contributed by atoms with E-state index in [9.17, 15) is 9.18 Å². The number of pyridine rings is 2. The minimum atomic E-state index is -0.321. The minimum Gasteiger partial charge on any atom is -0.384 e. The van der Waals surface area contributed by atoms with Crippen molar-refractivity contribution >= 4 is 17.4 Å². The number of hydrogen-bond donors (Lipinski definition) is 2. The number of carbonyl (C=O) groups excluding carboxylic acids is 1. The Hall–Kier alpha value is -3.32. The van der Waals surface area contributed by atoms with Crippen molar-refractivity contribution in [3.63, 3.8) is 0 Å². The van der Waals surface area contributed by atoms with Crippen LogP contribution < -0.4 is 11.1 Å². The third-order valence-corrected chi connectivity index (χ3v) is 5.33. The number of nitrogens with one attached hydrogen (secondary N) is 1. The summed E-state index contributed by atoms with van der Waals surface area (Å²) in [4.78, 5) is 23.3. The number of amides is 1. The van der Waals surface area contributed by atoms with Gasteiger partial charge in [-0.15, -0.1) is 0 Å². The first-order valence-electron chi connectivity index (χ1n) is 10.0. The molecule has 1 amide bonds. The molecule has 3 aromatic rings. The lowest BCUT2D eigenvalue weighted by Gasteiger charge is -2.32. The van der Waals surface area contributed by atoms with Crippen LogP contribution in [0.1, 0.15) is 24.5 Å². The lowest BCUT2D eigenvalue weighted by atomic mass is 9.93. The molecule has 1 saturated heterocycles. The maximum absolute atomic E-state index is 13.0. The lowest BCUT2D eigenvalue weighted by molar-refractivity contribution is -0.117. The van der Waals surface area contributed by atoms with Gasteiger partial charge in [0.25, 0.3) is 0 Å². The first-order chi connectivity index (χ1) is 14.6. The standard InChI is InChI=1S/C23H24FN5O/c24-19-5-7-20(8-6-19)28-23(30)15-29-11-1-2-18(14-29)21-9-3-16(12-26-21)17-4-10-22(25)27-13-17/h3-10,12-13,18H,1-2,11,14-15H2,(H2,25,27)(H,28,30)/t18-/m1/s1. The Morgan fingerprint density at radius 1 is 1.07 bits per heavy atom. The van der Waals surface area contributed by atoms with Gasteiger partial charge in [-0.25, -0.2) is 9.37 Å². The molecule has 1 aliphatic heterocycles. The van der Waals surface area contributed by atoms with Crippen LogP contribution >= 0.6 is 0 Å². The molecule has 1 atom stereocenters. The van der Waals surface area contributed by atoms with E-state index < -0.39 is 0 Å². The molecular formula is C23H24FN5O. The average Bonchev–Trinajstić information content (AvgIpc) is 2.76. The van der Waals surface area contributed by atoms with Gasteiger partial charge in [0.2, 0.25) is 5.91 Å². The van der Waals surface area contributed by atoms with Crippen molar-refractivity contribution in [2.75, 3.05) is 30.7 Å². The van der Waals surface area contributed by atoms with Crippen LogP contribution in [-0.4, -0.2) is 40.4 Å². The fourth-order valence-electron chi connectivity index (χ4n) is 3.77. The Bertz CT molecular complexity index is 990. The van der Waals surface area contributed by atoms with Gasteiger partial charge in [-0.1, -0.05) is 6.07 Å². The van der Waals surface area contributed by atoms with Crippen molar-refractivity contribution in [2.24, 2.45) is 0 Å². The number of nitrogen functional groups attached to an aromatic ring is 1. The maximum Gasteiger partial charge on any atom is 0.238 e. The van der Waals surface area contributed by atoms with E-state index in [1.165, 1.54) is 12.1 Å². The van der Waals surface area contributed by atoms with E-state index in [-0.39, 0.29) is 17.6 Å². The monoisotopic (exact) mass is 405 g/mol. The highest BCUT2D eigenvalue weighted by molar-refractivity contribution is 5.92. The van der Waals surface area contributed by atoms with Crippen LogP contribution in [0.2, 0.25) is 0 Å². The number of benzene rings is 1. The number of piperidine rings is 1. The molecule has 0 aliphatic carbocycles. The van der Waals surface area contributed by atoms with Crippen LogP contribution in [0.25, 0.3) is 11.1 Å². The maximum atomic E-state index is 13.0. The second-order valence-corrected chi connectivity index (χ2v) is 7.57. The molecule has 0 spiro atoms. The smallest absolute Gasteiger partial charge is 0.238 e. The summed E-state index contributed by atoms with van der Waals surface area (Å²) in [7, 11) is 0. The van der Waals surface area contributed by atoms with Crippen molar-refractivity contribution in [3.05, 3.63) is 72.4 Å². The van der Waals surface area contributed by atoms with E-state index >= 15 is 0 Å². The van der Waals surface area contributed by atoms with Crippen LogP contribution in [0.5, 0.6) is 0 Å². The van der Waals surface area contributed by atoms with Gasteiger partial charge in [-0.3, -0.25) is 14.7 Å². The molecule has 4 rings (SSSR count). The number of anilines is 2. The van der Waals surface area contributed by atoms with Crippen molar-refractivity contribution in [1.29, 1.82) is 0 Å². The molecule has 0 unspecified atom stereocenters. The molecule has 7 heteroatoms. The number of nitrogens with two attached hydrogens (primary N) is 1. The molecule has 0 bridgehead atoms. The average molecular weight is 405 g/mol. The summed E-state index contributed by atoms with van der Waals surface area (Å²) in [5.74, 6) is 0.365. The van der Waals surface area contributed by atoms with Gasteiger partial charge in [-0.05, 0) is 61.9 Å².